The Balaban J connectivity index is 1.43. The Labute approximate surface area is 130 Å². The summed E-state index contributed by atoms with van der Waals surface area (Å²) in [6.45, 7) is 0. The van der Waals surface area contributed by atoms with Crippen molar-refractivity contribution in [3.8, 4) is 5.75 Å². The molecule has 4 nitrogen and oxygen atoms in total. The van der Waals surface area contributed by atoms with Gasteiger partial charge in [-0.3, -0.25) is 4.79 Å². The van der Waals surface area contributed by atoms with Crippen LogP contribution < -0.4 is 5.43 Å². The van der Waals surface area contributed by atoms with Gasteiger partial charge in [-0.2, -0.15) is 5.10 Å². The molecule has 0 unspecified atom stereocenters. The van der Waals surface area contributed by atoms with Crippen molar-refractivity contribution in [2.45, 2.75) is 38.5 Å². The summed E-state index contributed by atoms with van der Waals surface area (Å²) < 4.78 is 0. The van der Waals surface area contributed by atoms with Crippen molar-refractivity contribution < 1.29 is 9.90 Å². The van der Waals surface area contributed by atoms with Gasteiger partial charge in [0.2, 0.25) is 5.91 Å². The molecule has 4 saturated carbocycles. The molecule has 0 saturated heterocycles. The first-order valence-corrected chi connectivity index (χ1v) is 8.25. The average molecular weight is 298 g/mol. The van der Waals surface area contributed by atoms with Crippen LogP contribution in [-0.2, 0) is 4.79 Å². The third-order valence-electron chi connectivity index (χ3n) is 5.79. The highest BCUT2D eigenvalue weighted by molar-refractivity contribution is 5.85. The zero-order valence-electron chi connectivity index (χ0n) is 12.7. The summed E-state index contributed by atoms with van der Waals surface area (Å²) in [5.74, 6) is 2.63. The lowest BCUT2D eigenvalue weighted by Gasteiger charge is -2.55. The number of nitrogens with zero attached hydrogens (tertiary/aromatic N) is 1. The number of aromatic hydroxyl groups is 1. The predicted octanol–water partition coefficient (Wildman–Crippen LogP) is 3.06. The van der Waals surface area contributed by atoms with Gasteiger partial charge in [-0.15, -0.1) is 0 Å². The number of hydrazone groups is 1. The van der Waals surface area contributed by atoms with Gasteiger partial charge in [-0.05, 0) is 86.1 Å². The summed E-state index contributed by atoms with van der Waals surface area (Å²) in [7, 11) is 0. The van der Waals surface area contributed by atoms with Crippen LogP contribution in [0.1, 0.15) is 44.1 Å². The molecular formula is C18H22N2O2. The van der Waals surface area contributed by atoms with Crippen molar-refractivity contribution in [1.82, 2.24) is 5.43 Å². The molecule has 4 heteroatoms. The molecule has 0 spiro atoms. The van der Waals surface area contributed by atoms with E-state index in [2.05, 4.69) is 10.5 Å². The minimum atomic E-state index is -0.152. The van der Waals surface area contributed by atoms with E-state index in [-0.39, 0.29) is 17.1 Å². The molecular weight excluding hydrogens is 276 g/mol. The molecule has 0 heterocycles. The first kappa shape index (κ1) is 13.8. The highest BCUT2D eigenvalue weighted by atomic mass is 16.3. The van der Waals surface area contributed by atoms with Crippen LogP contribution >= 0.6 is 0 Å². The van der Waals surface area contributed by atoms with Gasteiger partial charge >= 0.3 is 0 Å². The molecule has 0 atom stereocenters. The Hall–Kier alpha value is -1.84. The lowest BCUT2D eigenvalue weighted by molar-refractivity contribution is -0.146. The van der Waals surface area contributed by atoms with Gasteiger partial charge in [0.25, 0.3) is 0 Å². The van der Waals surface area contributed by atoms with Gasteiger partial charge in [0.05, 0.1) is 11.6 Å². The smallest absolute Gasteiger partial charge is 0.246 e. The van der Waals surface area contributed by atoms with E-state index in [0.717, 1.165) is 42.6 Å². The number of nitrogens with one attached hydrogen (secondary N) is 1. The number of carbonyl (C=O) groups is 1. The standard InChI is InChI=1S/C18H22N2O2/c21-16-3-1-12(2-4-16)11-19-20-17(22)18-8-13-5-14(9-18)7-15(6-13)10-18/h1-4,11,13-15,21H,5-10H2,(H,20,22)/b19-11+. The second-order valence-corrected chi connectivity index (χ2v) is 7.49. The van der Waals surface area contributed by atoms with Crippen LogP contribution in [0.3, 0.4) is 0 Å². The zero-order chi connectivity index (χ0) is 15.2. The summed E-state index contributed by atoms with van der Waals surface area (Å²) in [5.41, 5.74) is 3.48. The topological polar surface area (TPSA) is 61.7 Å². The zero-order valence-corrected chi connectivity index (χ0v) is 12.7. The summed E-state index contributed by atoms with van der Waals surface area (Å²) in [5, 5.41) is 13.4. The summed E-state index contributed by atoms with van der Waals surface area (Å²) in [4.78, 5) is 12.7. The minimum absolute atomic E-state index is 0.113. The number of benzene rings is 1. The van der Waals surface area contributed by atoms with E-state index >= 15 is 0 Å². The quantitative estimate of drug-likeness (QED) is 0.665. The molecule has 4 aliphatic carbocycles. The second kappa shape index (κ2) is 5.11. The molecule has 0 aliphatic heterocycles. The fraction of sp³-hybridized carbons (Fsp3) is 0.556. The van der Waals surface area contributed by atoms with Crippen LogP contribution in [0.15, 0.2) is 29.4 Å². The van der Waals surface area contributed by atoms with Crippen LogP contribution in [0.25, 0.3) is 0 Å². The van der Waals surface area contributed by atoms with Gasteiger partial charge in [0, 0.05) is 0 Å². The summed E-state index contributed by atoms with van der Waals surface area (Å²) >= 11 is 0. The largest absolute Gasteiger partial charge is 0.508 e. The Bertz CT molecular complexity index is 571. The van der Waals surface area contributed by atoms with Crippen LogP contribution in [0, 0.1) is 23.2 Å². The van der Waals surface area contributed by atoms with Crippen LogP contribution in [0.2, 0.25) is 0 Å². The normalized spacial score (nSPS) is 35.9. The van der Waals surface area contributed by atoms with Gasteiger partial charge < -0.3 is 5.11 Å². The van der Waals surface area contributed by atoms with Crippen molar-refractivity contribution in [3.63, 3.8) is 0 Å². The summed E-state index contributed by atoms with van der Waals surface area (Å²) in [6.07, 6.45) is 8.81. The maximum Gasteiger partial charge on any atom is 0.246 e. The van der Waals surface area contributed by atoms with Gasteiger partial charge in [-0.25, -0.2) is 5.43 Å². The van der Waals surface area contributed by atoms with E-state index in [1.807, 2.05) is 0 Å². The highest BCUT2D eigenvalue weighted by Crippen LogP contribution is 2.60. The monoisotopic (exact) mass is 298 g/mol. The number of phenols is 1. The molecule has 4 fully saturated rings. The third-order valence-corrected chi connectivity index (χ3v) is 5.79. The maximum absolute atomic E-state index is 12.7. The highest BCUT2D eigenvalue weighted by Gasteiger charge is 2.54. The van der Waals surface area contributed by atoms with Crippen molar-refractivity contribution >= 4 is 12.1 Å². The molecule has 116 valence electrons. The van der Waals surface area contributed by atoms with Crippen molar-refractivity contribution in [3.05, 3.63) is 29.8 Å². The first-order valence-electron chi connectivity index (χ1n) is 8.25. The van der Waals surface area contributed by atoms with E-state index in [1.165, 1.54) is 19.3 Å². The van der Waals surface area contributed by atoms with Crippen LogP contribution in [0.5, 0.6) is 5.75 Å². The average Bonchev–Trinajstić information content (AvgIpc) is 2.48. The number of amides is 1. The number of carbonyl (C=O) groups excluding carboxylic acids is 1. The van der Waals surface area contributed by atoms with E-state index in [1.54, 1.807) is 30.5 Å². The van der Waals surface area contributed by atoms with Crippen LogP contribution in [-0.4, -0.2) is 17.2 Å². The van der Waals surface area contributed by atoms with Gasteiger partial charge in [0.15, 0.2) is 0 Å². The molecule has 1 amide bonds. The fourth-order valence-corrected chi connectivity index (χ4v) is 5.23. The molecule has 22 heavy (non-hydrogen) atoms. The van der Waals surface area contributed by atoms with E-state index in [9.17, 15) is 9.90 Å². The maximum atomic E-state index is 12.7. The van der Waals surface area contributed by atoms with Crippen molar-refractivity contribution in [1.29, 1.82) is 0 Å². The molecule has 4 bridgehead atoms. The molecule has 0 aromatic heterocycles. The number of hydrogen-bond donors (Lipinski definition) is 2. The molecule has 1 aromatic carbocycles. The molecule has 5 rings (SSSR count). The number of hydrogen-bond acceptors (Lipinski definition) is 3. The van der Waals surface area contributed by atoms with Gasteiger partial charge in [-0.1, -0.05) is 0 Å². The Kier molecular flexibility index (Phi) is 3.21. The second-order valence-electron chi connectivity index (χ2n) is 7.49. The summed E-state index contributed by atoms with van der Waals surface area (Å²) in [6, 6.07) is 6.77. The molecule has 1 aromatic rings. The van der Waals surface area contributed by atoms with Gasteiger partial charge in [0.1, 0.15) is 5.75 Å². The Morgan fingerprint density at radius 3 is 2.18 bits per heavy atom. The third kappa shape index (κ3) is 2.40. The SMILES string of the molecule is O=C(N/N=C/c1ccc(O)cc1)C12CC3CC(CC(C3)C1)C2. The lowest BCUT2D eigenvalue weighted by Crippen LogP contribution is -2.52. The van der Waals surface area contributed by atoms with E-state index in [4.69, 9.17) is 0 Å². The molecule has 4 aliphatic rings. The fourth-order valence-electron chi connectivity index (χ4n) is 5.23. The minimum Gasteiger partial charge on any atom is -0.508 e. The first-order chi connectivity index (χ1) is 10.6. The lowest BCUT2D eigenvalue weighted by atomic mass is 9.49. The Morgan fingerprint density at radius 1 is 1.09 bits per heavy atom. The Morgan fingerprint density at radius 2 is 1.64 bits per heavy atom. The van der Waals surface area contributed by atoms with Crippen LogP contribution in [0.4, 0.5) is 0 Å². The number of phenolic OH excluding ortho intramolecular Hbond substituents is 1. The van der Waals surface area contributed by atoms with E-state index in [0.29, 0.717) is 0 Å². The van der Waals surface area contributed by atoms with Crippen molar-refractivity contribution in [2.75, 3.05) is 0 Å². The van der Waals surface area contributed by atoms with Crippen molar-refractivity contribution in [2.24, 2.45) is 28.3 Å². The predicted molar refractivity (Wildman–Crippen MR) is 84.4 cm³/mol. The number of rotatable bonds is 3. The van der Waals surface area contributed by atoms with E-state index < -0.39 is 0 Å². The molecule has 2 N–H and O–H groups in total. The molecule has 0 radical (unpaired) electrons.